The minimum absolute atomic E-state index is 0.0977. The summed E-state index contributed by atoms with van der Waals surface area (Å²) in [5, 5.41) is 3.05. The van der Waals surface area contributed by atoms with E-state index in [2.05, 4.69) is 10.2 Å². The molecular formula is C16H25FN2. The van der Waals surface area contributed by atoms with Crippen LogP contribution in [0.5, 0.6) is 0 Å². The second kappa shape index (κ2) is 6.90. The van der Waals surface area contributed by atoms with Gasteiger partial charge in [-0.05, 0) is 37.6 Å². The van der Waals surface area contributed by atoms with Gasteiger partial charge in [0, 0.05) is 19.6 Å². The van der Waals surface area contributed by atoms with Crippen LogP contribution >= 0.6 is 0 Å². The average molecular weight is 264 g/mol. The molecule has 0 radical (unpaired) electrons. The highest BCUT2D eigenvalue weighted by atomic mass is 19.1. The van der Waals surface area contributed by atoms with E-state index in [1.807, 2.05) is 26.2 Å². The zero-order valence-corrected chi connectivity index (χ0v) is 12.1. The maximum absolute atomic E-state index is 14.2. The topological polar surface area (TPSA) is 15.3 Å². The first kappa shape index (κ1) is 14.3. The standard InChI is InChI=1S/C16H25FN2/c1-18-12-13-9-10-16(15(17)11-13)19(2)14-7-5-3-4-6-8-14/h9-11,14,18H,3-8,12H2,1-2H3. The van der Waals surface area contributed by atoms with E-state index < -0.39 is 0 Å². The summed E-state index contributed by atoms with van der Waals surface area (Å²) in [6.45, 7) is 0.713. The summed E-state index contributed by atoms with van der Waals surface area (Å²) in [6.07, 6.45) is 7.58. The molecular weight excluding hydrogens is 239 g/mol. The van der Waals surface area contributed by atoms with Crippen LogP contribution in [0.2, 0.25) is 0 Å². The lowest BCUT2D eigenvalue weighted by atomic mass is 10.1. The third kappa shape index (κ3) is 3.69. The van der Waals surface area contributed by atoms with Crippen LogP contribution < -0.4 is 10.2 Å². The third-order valence-corrected chi connectivity index (χ3v) is 4.15. The van der Waals surface area contributed by atoms with Crippen molar-refractivity contribution in [2.75, 3.05) is 19.0 Å². The van der Waals surface area contributed by atoms with E-state index in [0.29, 0.717) is 12.6 Å². The first-order valence-electron chi connectivity index (χ1n) is 7.38. The second-order valence-electron chi connectivity index (χ2n) is 5.57. The number of halogens is 1. The van der Waals surface area contributed by atoms with Gasteiger partial charge in [0.05, 0.1) is 5.69 Å². The van der Waals surface area contributed by atoms with Gasteiger partial charge in [0.25, 0.3) is 0 Å². The van der Waals surface area contributed by atoms with Crippen LogP contribution in [0, 0.1) is 5.82 Å². The van der Waals surface area contributed by atoms with E-state index in [9.17, 15) is 4.39 Å². The quantitative estimate of drug-likeness (QED) is 0.834. The molecule has 0 unspecified atom stereocenters. The largest absolute Gasteiger partial charge is 0.369 e. The third-order valence-electron chi connectivity index (χ3n) is 4.15. The summed E-state index contributed by atoms with van der Waals surface area (Å²) >= 11 is 0. The van der Waals surface area contributed by atoms with Crippen molar-refractivity contribution in [2.45, 2.75) is 51.1 Å². The van der Waals surface area contributed by atoms with Gasteiger partial charge in [-0.1, -0.05) is 31.7 Å². The van der Waals surface area contributed by atoms with E-state index in [4.69, 9.17) is 0 Å². The molecule has 0 aromatic heterocycles. The number of nitrogens with zero attached hydrogens (tertiary/aromatic N) is 1. The van der Waals surface area contributed by atoms with Crippen molar-refractivity contribution in [3.05, 3.63) is 29.6 Å². The van der Waals surface area contributed by atoms with Gasteiger partial charge in [-0.3, -0.25) is 0 Å². The van der Waals surface area contributed by atoms with Crippen molar-refractivity contribution >= 4 is 5.69 Å². The molecule has 2 nitrogen and oxygen atoms in total. The molecule has 106 valence electrons. The lowest BCUT2D eigenvalue weighted by Crippen LogP contribution is -2.31. The SMILES string of the molecule is CNCc1ccc(N(C)C2CCCCCC2)c(F)c1. The van der Waals surface area contributed by atoms with Gasteiger partial charge >= 0.3 is 0 Å². The van der Waals surface area contributed by atoms with E-state index in [-0.39, 0.29) is 5.82 Å². The number of rotatable bonds is 4. The zero-order valence-electron chi connectivity index (χ0n) is 12.1. The minimum atomic E-state index is -0.0977. The van der Waals surface area contributed by atoms with Gasteiger partial charge in [0.15, 0.2) is 0 Å². The van der Waals surface area contributed by atoms with Crippen molar-refractivity contribution in [3.8, 4) is 0 Å². The van der Waals surface area contributed by atoms with Crippen molar-refractivity contribution < 1.29 is 4.39 Å². The summed E-state index contributed by atoms with van der Waals surface area (Å²) in [4.78, 5) is 2.14. The molecule has 0 saturated heterocycles. The summed E-state index contributed by atoms with van der Waals surface area (Å²) in [5.74, 6) is -0.0977. The van der Waals surface area contributed by atoms with E-state index in [0.717, 1.165) is 11.3 Å². The smallest absolute Gasteiger partial charge is 0.146 e. The molecule has 2 rings (SSSR count). The number of benzene rings is 1. The Morgan fingerprint density at radius 2 is 1.89 bits per heavy atom. The predicted molar refractivity (Wildman–Crippen MR) is 79.1 cm³/mol. The van der Waals surface area contributed by atoms with Crippen molar-refractivity contribution in [1.29, 1.82) is 0 Å². The maximum atomic E-state index is 14.2. The lowest BCUT2D eigenvalue weighted by Gasteiger charge is -2.29. The maximum Gasteiger partial charge on any atom is 0.146 e. The fraction of sp³-hybridized carbons (Fsp3) is 0.625. The van der Waals surface area contributed by atoms with Crippen LogP contribution in [-0.2, 0) is 6.54 Å². The molecule has 1 aliphatic rings. The fourth-order valence-corrected chi connectivity index (χ4v) is 2.99. The molecule has 1 aromatic carbocycles. The van der Waals surface area contributed by atoms with Crippen LogP contribution in [0.25, 0.3) is 0 Å². The summed E-state index contributed by atoms with van der Waals surface area (Å²) in [7, 11) is 3.91. The van der Waals surface area contributed by atoms with Gasteiger partial charge in [0.2, 0.25) is 0 Å². The molecule has 3 heteroatoms. The zero-order chi connectivity index (χ0) is 13.7. The molecule has 1 fully saturated rings. The highest BCUT2D eigenvalue weighted by molar-refractivity contribution is 5.49. The van der Waals surface area contributed by atoms with Gasteiger partial charge < -0.3 is 10.2 Å². The molecule has 0 atom stereocenters. The molecule has 0 heterocycles. The van der Waals surface area contributed by atoms with E-state index in [1.54, 1.807) is 6.07 Å². The Labute approximate surface area is 116 Å². The molecule has 19 heavy (non-hydrogen) atoms. The normalized spacial score (nSPS) is 17.2. The van der Waals surface area contributed by atoms with Crippen molar-refractivity contribution in [1.82, 2.24) is 5.32 Å². The second-order valence-corrected chi connectivity index (χ2v) is 5.57. The highest BCUT2D eigenvalue weighted by Gasteiger charge is 2.19. The Kier molecular flexibility index (Phi) is 5.20. The average Bonchev–Trinajstić information content (AvgIpc) is 2.67. The van der Waals surface area contributed by atoms with E-state index in [1.165, 1.54) is 38.5 Å². The van der Waals surface area contributed by atoms with Gasteiger partial charge in [0.1, 0.15) is 5.82 Å². The summed E-state index contributed by atoms with van der Waals surface area (Å²) < 4.78 is 14.2. The Bertz CT molecular complexity index is 398. The molecule has 1 aliphatic carbocycles. The number of hydrogen-bond donors (Lipinski definition) is 1. The Hall–Kier alpha value is -1.09. The predicted octanol–water partition coefficient (Wildman–Crippen LogP) is 3.70. The van der Waals surface area contributed by atoms with Gasteiger partial charge in [-0.2, -0.15) is 0 Å². The Morgan fingerprint density at radius 3 is 2.47 bits per heavy atom. The Morgan fingerprint density at radius 1 is 1.21 bits per heavy atom. The molecule has 0 amide bonds. The molecule has 0 aliphatic heterocycles. The molecule has 0 spiro atoms. The monoisotopic (exact) mass is 264 g/mol. The molecule has 1 aromatic rings. The van der Waals surface area contributed by atoms with Crippen molar-refractivity contribution in [2.24, 2.45) is 0 Å². The van der Waals surface area contributed by atoms with Gasteiger partial charge in [-0.15, -0.1) is 0 Å². The first-order valence-corrected chi connectivity index (χ1v) is 7.38. The van der Waals surface area contributed by atoms with Crippen LogP contribution in [0.4, 0.5) is 10.1 Å². The van der Waals surface area contributed by atoms with Crippen LogP contribution in [0.15, 0.2) is 18.2 Å². The molecule has 1 N–H and O–H groups in total. The fourth-order valence-electron chi connectivity index (χ4n) is 2.99. The van der Waals surface area contributed by atoms with E-state index >= 15 is 0 Å². The summed E-state index contributed by atoms with van der Waals surface area (Å²) in [5.41, 5.74) is 1.74. The van der Waals surface area contributed by atoms with Crippen molar-refractivity contribution in [3.63, 3.8) is 0 Å². The minimum Gasteiger partial charge on any atom is -0.369 e. The molecule has 0 bridgehead atoms. The highest BCUT2D eigenvalue weighted by Crippen LogP contribution is 2.27. The van der Waals surface area contributed by atoms with Crippen LogP contribution in [-0.4, -0.2) is 20.1 Å². The number of nitrogens with one attached hydrogen (secondary N) is 1. The van der Waals surface area contributed by atoms with Gasteiger partial charge in [-0.25, -0.2) is 4.39 Å². The number of anilines is 1. The Balaban J connectivity index is 2.11. The van der Waals surface area contributed by atoms with Crippen LogP contribution in [0.3, 0.4) is 0 Å². The van der Waals surface area contributed by atoms with Crippen LogP contribution in [0.1, 0.15) is 44.1 Å². The first-order chi connectivity index (χ1) is 9.22. The number of hydrogen-bond acceptors (Lipinski definition) is 2. The molecule has 1 saturated carbocycles. The lowest BCUT2D eigenvalue weighted by molar-refractivity contribution is 0.537. The summed E-state index contributed by atoms with van der Waals surface area (Å²) in [6, 6.07) is 6.08.